The van der Waals surface area contributed by atoms with Gasteiger partial charge in [0.25, 0.3) is 0 Å². The quantitative estimate of drug-likeness (QED) is 0.871. The third-order valence-corrected chi connectivity index (χ3v) is 4.41. The second-order valence-corrected chi connectivity index (χ2v) is 6.12. The first kappa shape index (κ1) is 12.0. The summed E-state index contributed by atoms with van der Waals surface area (Å²) in [6, 6.07) is 4.29. The van der Waals surface area contributed by atoms with Gasteiger partial charge in [-0.2, -0.15) is 0 Å². The van der Waals surface area contributed by atoms with Crippen molar-refractivity contribution in [3.05, 3.63) is 24.0 Å². The van der Waals surface area contributed by atoms with E-state index in [1.807, 2.05) is 6.20 Å². The van der Waals surface area contributed by atoms with Crippen LogP contribution in [0.4, 0.5) is 5.69 Å². The van der Waals surface area contributed by atoms with Crippen LogP contribution < -0.4 is 4.90 Å². The van der Waals surface area contributed by atoms with Crippen LogP contribution in [-0.2, 0) is 0 Å². The van der Waals surface area contributed by atoms with Crippen molar-refractivity contribution in [2.24, 2.45) is 0 Å². The van der Waals surface area contributed by atoms with Crippen LogP contribution in [0.15, 0.2) is 18.3 Å². The summed E-state index contributed by atoms with van der Waals surface area (Å²) < 4.78 is 0. The SMILES string of the molecule is CC(C)c1ccc(N2C[C@H](O)CCC23CC3)cn1. The molecule has 0 radical (unpaired) electrons. The van der Waals surface area contributed by atoms with E-state index < -0.39 is 0 Å². The first-order valence-corrected chi connectivity index (χ1v) is 7.02. The molecule has 98 valence electrons. The summed E-state index contributed by atoms with van der Waals surface area (Å²) in [7, 11) is 0. The van der Waals surface area contributed by atoms with Crippen LogP contribution in [0.3, 0.4) is 0 Å². The molecule has 2 fully saturated rings. The molecule has 2 heterocycles. The lowest BCUT2D eigenvalue weighted by Gasteiger charge is -2.40. The number of β-amino-alcohol motifs (C(OH)–C–C–N with tert-alkyl or cyclic N) is 1. The molecule has 3 heteroatoms. The molecule has 1 atom stereocenters. The van der Waals surface area contributed by atoms with Crippen LogP contribution in [0.5, 0.6) is 0 Å². The Kier molecular flexibility index (Phi) is 2.81. The number of rotatable bonds is 2. The molecule has 1 aliphatic carbocycles. The summed E-state index contributed by atoms with van der Waals surface area (Å²) in [5, 5.41) is 9.88. The fourth-order valence-electron chi connectivity index (χ4n) is 3.01. The first-order valence-electron chi connectivity index (χ1n) is 7.02. The summed E-state index contributed by atoms with van der Waals surface area (Å²) in [6.45, 7) is 5.09. The van der Waals surface area contributed by atoms with E-state index in [0.29, 0.717) is 11.5 Å². The number of aliphatic hydroxyl groups excluding tert-OH is 1. The summed E-state index contributed by atoms with van der Waals surface area (Å²) in [6.07, 6.45) is 6.42. The van der Waals surface area contributed by atoms with Crippen LogP contribution in [0.1, 0.15) is 51.1 Å². The number of piperidine rings is 1. The molecule has 3 nitrogen and oxygen atoms in total. The van der Waals surface area contributed by atoms with Crippen molar-refractivity contribution >= 4 is 5.69 Å². The Hall–Kier alpha value is -1.09. The van der Waals surface area contributed by atoms with Gasteiger partial charge in [-0.3, -0.25) is 4.98 Å². The van der Waals surface area contributed by atoms with Crippen molar-refractivity contribution in [3.8, 4) is 0 Å². The predicted molar refractivity (Wildman–Crippen MR) is 72.9 cm³/mol. The molecule has 1 aromatic heterocycles. The fourth-order valence-corrected chi connectivity index (χ4v) is 3.01. The summed E-state index contributed by atoms with van der Waals surface area (Å²) in [5.74, 6) is 0.473. The molecule has 0 unspecified atom stereocenters. The minimum Gasteiger partial charge on any atom is -0.391 e. The van der Waals surface area contributed by atoms with Crippen molar-refractivity contribution in [1.29, 1.82) is 0 Å². The van der Waals surface area contributed by atoms with Gasteiger partial charge < -0.3 is 10.0 Å². The monoisotopic (exact) mass is 246 g/mol. The van der Waals surface area contributed by atoms with E-state index in [1.165, 1.54) is 18.5 Å². The van der Waals surface area contributed by atoms with Crippen LogP contribution >= 0.6 is 0 Å². The smallest absolute Gasteiger partial charge is 0.0716 e. The molecular formula is C15H22N2O. The number of hydrogen-bond donors (Lipinski definition) is 1. The molecule has 2 aliphatic rings. The minimum absolute atomic E-state index is 0.180. The molecule has 0 bridgehead atoms. The average Bonchev–Trinajstić information content (AvgIpc) is 3.13. The molecule has 1 N–H and O–H groups in total. The molecule has 18 heavy (non-hydrogen) atoms. The zero-order chi connectivity index (χ0) is 12.8. The van der Waals surface area contributed by atoms with Gasteiger partial charge in [-0.05, 0) is 43.7 Å². The Labute approximate surface area is 109 Å². The second kappa shape index (κ2) is 4.23. The van der Waals surface area contributed by atoms with Crippen molar-refractivity contribution in [2.45, 2.75) is 57.1 Å². The van der Waals surface area contributed by atoms with Gasteiger partial charge in [0, 0.05) is 17.8 Å². The van der Waals surface area contributed by atoms with E-state index in [0.717, 1.165) is 25.1 Å². The number of hydrogen-bond acceptors (Lipinski definition) is 3. The van der Waals surface area contributed by atoms with E-state index >= 15 is 0 Å². The summed E-state index contributed by atoms with van der Waals surface area (Å²) in [5.41, 5.74) is 2.66. The highest BCUT2D eigenvalue weighted by Gasteiger charge is 2.50. The maximum Gasteiger partial charge on any atom is 0.0716 e. The van der Waals surface area contributed by atoms with Crippen LogP contribution in [0.25, 0.3) is 0 Å². The second-order valence-electron chi connectivity index (χ2n) is 6.12. The molecule has 0 aromatic carbocycles. The lowest BCUT2D eigenvalue weighted by molar-refractivity contribution is 0.138. The lowest BCUT2D eigenvalue weighted by Crippen LogP contribution is -2.47. The van der Waals surface area contributed by atoms with Crippen molar-refractivity contribution in [1.82, 2.24) is 4.98 Å². The molecule has 1 saturated carbocycles. The molecule has 0 amide bonds. The van der Waals surface area contributed by atoms with Gasteiger partial charge in [-0.15, -0.1) is 0 Å². The molecule has 1 aromatic rings. The average molecular weight is 246 g/mol. The Morgan fingerprint density at radius 1 is 1.33 bits per heavy atom. The van der Waals surface area contributed by atoms with Gasteiger partial charge in [0.1, 0.15) is 0 Å². The lowest BCUT2D eigenvalue weighted by atomic mass is 9.97. The highest BCUT2D eigenvalue weighted by molar-refractivity contribution is 5.51. The maximum absolute atomic E-state index is 9.88. The number of aliphatic hydroxyl groups is 1. The van der Waals surface area contributed by atoms with Gasteiger partial charge in [-0.1, -0.05) is 13.8 Å². The van der Waals surface area contributed by atoms with E-state index in [4.69, 9.17) is 0 Å². The van der Waals surface area contributed by atoms with Gasteiger partial charge >= 0.3 is 0 Å². The first-order chi connectivity index (χ1) is 8.61. The molecule has 3 rings (SSSR count). The Morgan fingerprint density at radius 3 is 2.67 bits per heavy atom. The molecular weight excluding hydrogens is 224 g/mol. The largest absolute Gasteiger partial charge is 0.391 e. The van der Waals surface area contributed by atoms with Crippen LogP contribution in [0, 0.1) is 0 Å². The number of pyridine rings is 1. The predicted octanol–water partition coefficient (Wildman–Crippen LogP) is 2.70. The standard InChI is InChI=1S/C15H22N2O/c1-11(2)14-4-3-12(9-16-14)17-10-13(18)5-6-15(17)7-8-15/h3-4,9,11,13,18H,5-8,10H2,1-2H3/t13-/m1/s1. The van der Waals surface area contributed by atoms with Gasteiger partial charge in [0.2, 0.25) is 0 Å². The number of anilines is 1. The topological polar surface area (TPSA) is 36.4 Å². The van der Waals surface area contributed by atoms with Crippen molar-refractivity contribution in [2.75, 3.05) is 11.4 Å². The van der Waals surface area contributed by atoms with Crippen molar-refractivity contribution < 1.29 is 5.11 Å². The number of aromatic nitrogens is 1. The third kappa shape index (κ3) is 2.01. The fraction of sp³-hybridized carbons (Fsp3) is 0.667. The van der Waals surface area contributed by atoms with Crippen LogP contribution in [0.2, 0.25) is 0 Å². The highest BCUT2D eigenvalue weighted by atomic mass is 16.3. The molecule has 1 spiro atoms. The Morgan fingerprint density at radius 2 is 2.11 bits per heavy atom. The Balaban J connectivity index is 1.84. The molecule has 1 saturated heterocycles. The summed E-state index contributed by atoms with van der Waals surface area (Å²) >= 11 is 0. The van der Waals surface area contributed by atoms with Crippen molar-refractivity contribution in [3.63, 3.8) is 0 Å². The van der Waals surface area contributed by atoms with Crippen LogP contribution in [-0.4, -0.2) is 28.3 Å². The van der Waals surface area contributed by atoms with Gasteiger partial charge in [-0.25, -0.2) is 0 Å². The van der Waals surface area contributed by atoms with E-state index in [-0.39, 0.29) is 6.10 Å². The highest BCUT2D eigenvalue weighted by Crippen LogP contribution is 2.50. The van der Waals surface area contributed by atoms with E-state index in [9.17, 15) is 5.11 Å². The van der Waals surface area contributed by atoms with Gasteiger partial charge in [0.15, 0.2) is 0 Å². The van der Waals surface area contributed by atoms with Gasteiger partial charge in [0.05, 0.1) is 18.0 Å². The minimum atomic E-state index is -0.180. The molecule has 1 aliphatic heterocycles. The van der Waals surface area contributed by atoms with E-state index in [2.05, 4.69) is 35.9 Å². The zero-order valence-electron chi connectivity index (χ0n) is 11.3. The maximum atomic E-state index is 9.88. The van der Waals surface area contributed by atoms with E-state index in [1.54, 1.807) is 0 Å². The number of nitrogens with zero attached hydrogens (tertiary/aromatic N) is 2. The Bertz CT molecular complexity index is 423. The zero-order valence-corrected chi connectivity index (χ0v) is 11.3. The third-order valence-electron chi connectivity index (χ3n) is 4.41. The summed E-state index contributed by atoms with van der Waals surface area (Å²) in [4.78, 5) is 6.94. The normalized spacial score (nSPS) is 25.8.